The Bertz CT molecular complexity index is 2950. The zero-order valence-electron chi connectivity index (χ0n) is 29.0. The number of hydrogen-bond acceptors (Lipinski definition) is 0. The molecule has 0 bridgehead atoms. The standard InChI is InChI=1S/C51H34N2/c1-4-16-37(17-5-1)51(38-18-6-2-7-19-38)46-25-12-10-23-41(46)42-28-27-36(34-47(42)51)35-15-14-22-40(33-35)52-32-31-45-48(52)30-29-44-43-24-11-13-26-49(43)53(50(44)45)39-20-8-3-9-21-39/h1-34H. The van der Waals surface area contributed by atoms with E-state index in [1.165, 1.54) is 82.9 Å². The fourth-order valence-electron chi connectivity index (χ4n) is 9.21. The summed E-state index contributed by atoms with van der Waals surface area (Å²) in [6, 6.07) is 73.4. The van der Waals surface area contributed by atoms with E-state index < -0.39 is 5.41 Å². The maximum atomic E-state index is 2.45. The van der Waals surface area contributed by atoms with E-state index in [1.54, 1.807) is 0 Å². The van der Waals surface area contributed by atoms with Gasteiger partial charge >= 0.3 is 0 Å². The van der Waals surface area contributed by atoms with Crippen LogP contribution in [0.3, 0.4) is 0 Å². The van der Waals surface area contributed by atoms with Crippen molar-refractivity contribution in [2.45, 2.75) is 5.41 Å². The molecule has 0 aliphatic heterocycles. The van der Waals surface area contributed by atoms with Gasteiger partial charge in [0.25, 0.3) is 0 Å². The van der Waals surface area contributed by atoms with Crippen LogP contribution in [-0.2, 0) is 5.41 Å². The molecule has 2 nitrogen and oxygen atoms in total. The van der Waals surface area contributed by atoms with Crippen molar-refractivity contribution in [1.29, 1.82) is 0 Å². The highest BCUT2D eigenvalue weighted by Crippen LogP contribution is 2.56. The van der Waals surface area contributed by atoms with Crippen LogP contribution in [0.4, 0.5) is 0 Å². The van der Waals surface area contributed by atoms with Gasteiger partial charge < -0.3 is 9.13 Å². The molecule has 1 aliphatic carbocycles. The van der Waals surface area contributed by atoms with E-state index in [-0.39, 0.29) is 0 Å². The molecule has 0 atom stereocenters. The first kappa shape index (κ1) is 29.8. The van der Waals surface area contributed by atoms with E-state index in [0.29, 0.717) is 0 Å². The van der Waals surface area contributed by atoms with Crippen molar-refractivity contribution < 1.29 is 0 Å². The molecule has 248 valence electrons. The molecule has 2 aromatic heterocycles. The van der Waals surface area contributed by atoms with Gasteiger partial charge in [0.2, 0.25) is 0 Å². The second-order valence-electron chi connectivity index (χ2n) is 14.1. The molecule has 2 heterocycles. The lowest BCUT2D eigenvalue weighted by molar-refractivity contribution is 0.769. The molecule has 0 fully saturated rings. The highest BCUT2D eigenvalue weighted by atomic mass is 15.0. The summed E-state index contributed by atoms with van der Waals surface area (Å²) in [6.07, 6.45) is 2.23. The van der Waals surface area contributed by atoms with Gasteiger partial charge in [0, 0.05) is 33.7 Å². The summed E-state index contributed by atoms with van der Waals surface area (Å²) in [7, 11) is 0. The van der Waals surface area contributed by atoms with E-state index in [1.807, 2.05) is 0 Å². The molecule has 2 heteroatoms. The second kappa shape index (κ2) is 11.6. The van der Waals surface area contributed by atoms with Crippen molar-refractivity contribution in [3.05, 3.63) is 229 Å². The molecule has 0 amide bonds. The average Bonchev–Trinajstić information content (AvgIpc) is 3.91. The first-order valence-corrected chi connectivity index (χ1v) is 18.4. The SMILES string of the molecule is c1ccc(-n2c3ccccc3c3ccc4c(ccn4-c4cccc(-c5ccc6c(c5)C(c5ccccc5)(c5ccccc5)c5ccccc5-6)c4)c32)cc1. The highest BCUT2D eigenvalue weighted by molar-refractivity contribution is 6.18. The molecular formula is C51H34N2. The van der Waals surface area contributed by atoms with Gasteiger partial charge in [0.1, 0.15) is 0 Å². The van der Waals surface area contributed by atoms with Crippen LogP contribution in [0.2, 0.25) is 0 Å². The van der Waals surface area contributed by atoms with Crippen LogP contribution < -0.4 is 0 Å². The van der Waals surface area contributed by atoms with E-state index in [9.17, 15) is 0 Å². The first-order valence-electron chi connectivity index (χ1n) is 18.4. The number of benzene rings is 8. The Hall–Kier alpha value is -6.90. The van der Waals surface area contributed by atoms with Gasteiger partial charge in [-0.25, -0.2) is 0 Å². The van der Waals surface area contributed by atoms with Gasteiger partial charge in [0.05, 0.1) is 22.0 Å². The monoisotopic (exact) mass is 674 g/mol. The molecule has 0 spiro atoms. The van der Waals surface area contributed by atoms with Crippen molar-refractivity contribution in [2.24, 2.45) is 0 Å². The maximum Gasteiger partial charge on any atom is 0.0713 e. The van der Waals surface area contributed by atoms with Crippen LogP contribution in [0.1, 0.15) is 22.3 Å². The molecule has 11 rings (SSSR count). The maximum absolute atomic E-state index is 2.45. The van der Waals surface area contributed by atoms with Gasteiger partial charge in [-0.3, -0.25) is 0 Å². The third-order valence-electron chi connectivity index (χ3n) is 11.4. The van der Waals surface area contributed by atoms with Crippen molar-refractivity contribution in [1.82, 2.24) is 9.13 Å². The predicted octanol–water partition coefficient (Wildman–Crippen LogP) is 12.8. The largest absolute Gasteiger partial charge is 0.316 e. The molecule has 0 saturated carbocycles. The fourth-order valence-corrected chi connectivity index (χ4v) is 9.21. The van der Waals surface area contributed by atoms with Crippen LogP contribution >= 0.6 is 0 Å². The first-order chi connectivity index (χ1) is 26.3. The van der Waals surface area contributed by atoms with E-state index >= 15 is 0 Å². The number of rotatable bonds is 5. The zero-order chi connectivity index (χ0) is 34.9. The summed E-state index contributed by atoms with van der Waals surface area (Å²) in [6.45, 7) is 0. The number of nitrogens with zero attached hydrogens (tertiary/aromatic N) is 2. The summed E-state index contributed by atoms with van der Waals surface area (Å²) >= 11 is 0. The van der Waals surface area contributed by atoms with Gasteiger partial charge in [-0.15, -0.1) is 0 Å². The Labute approximate surface area is 308 Å². The molecule has 0 radical (unpaired) electrons. The third kappa shape index (κ3) is 4.27. The van der Waals surface area contributed by atoms with Gasteiger partial charge in [-0.2, -0.15) is 0 Å². The Morgan fingerprint density at radius 1 is 0.358 bits per heavy atom. The highest BCUT2D eigenvalue weighted by Gasteiger charge is 2.46. The molecule has 53 heavy (non-hydrogen) atoms. The number of fused-ring (bicyclic) bond motifs is 8. The Kier molecular flexibility index (Phi) is 6.50. The molecule has 8 aromatic carbocycles. The summed E-state index contributed by atoms with van der Waals surface area (Å²) in [5, 5.41) is 3.77. The summed E-state index contributed by atoms with van der Waals surface area (Å²) in [4.78, 5) is 0. The Balaban J connectivity index is 1.09. The minimum Gasteiger partial charge on any atom is -0.316 e. The van der Waals surface area contributed by atoms with Gasteiger partial charge in [-0.1, -0.05) is 152 Å². The minimum absolute atomic E-state index is 0.429. The molecule has 0 N–H and O–H groups in total. The van der Waals surface area contributed by atoms with Crippen LogP contribution in [0.5, 0.6) is 0 Å². The van der Waals surface area contributed by atoms with Gasteiger partial charge in [0.15, 0.2) is 0 Å². The van der Waals surface area contributed by atoms with E-state index in [4.69, 9.17) is 0 Å². The third-order valence-corrected chi connectivity index (χ3v) is 11.4. The molecule has 0 saturated heterocycles. The number of para-hydroxylation sites is 2. The molecule has 0 unspecified atom stereocenters. The Morgan fingerprint density at radius 2 is 1.00 bits per heavy atom. The van der Waals surface area contributed by atoms with Crippen LogP contribution in [-0.4, -0.2) is 9.13 Å². The molecule has 10 aromatic rings. The van der Waals surface area contributed by atoms with Crippen molar-refractivity contribution in [3.63, 3.8) is 0 Å². The smallest absolute Gasteiger partial charge is 0.0713 e. The van der Waals surface area contributed by atoms with E-state index in [0.717, 1.165) is 5.69 Å². The molecular weight excluding hydrogens is 641 g/mol. The predicted molar refractivity (Wildman–Crippen MR) is 220 cm³/mol. The summed E-state index contributed by atoms with van der Waals surface area (Å²) in [5.41, 5.74) is 15.7. The van der Waals surface area contributed by atoms with Crippen molar-refractivity contribution >= 4 is 32.7 Å². The minimum atomic E-state index is -0.429. The van der Waals surface area contributed by atoms with Crippen LogP contribution in [0, 0.1) is 0 Å². The summed E-state index contributed by atoms with van der Waals surface area (Å²) in [5.74, 6) is 0. The number of aromatic nitrogens is 2. The lowest BCUT2D eigenvalue weighted by Crippen LogP contribution is -2.28. The van der Waals surface area contributed by atoms with Crippen LogP contribution in [0.15, 0.2) is 206 Å². The lowest BCUT2D eigenvalue weighted by Gasteiger charge is -2.34. The average molecular weight is 675 g/mol. The second-order valence-corrected chi connectivity index (χ2v) is 14.1. The van der Waals surface area contributed by atoms with Crippen molar-refractivity contribution in [2.75, 3.05) is 0 Å². The topological polar surface area (TPSA) is 9.86 Å². The normalized spacial score (nSPS) is 13.1. The fraction of sp³-hybridized carbons (Fsp3) is 0.0196. The number of hydrogen-bond donors (Lipinski definition) is 0. The lowest BCUT2D eigenvalue weighted by atomic mass is 9.67. The van der Waals surface area contributed by atoms with Gasteiger partial charge in [-0.05, 0) is 93.0 Å². The molecule has 1 aliphatic rings. The van der Waals surface area contributed by atoms with Crippen molar-refractivity contribution in [3.8, 4) is 33.6 Å². The van der Waals surface area contributed by atoms with Crippen LogP contribution in [0.25, 0.3) is 66.3 Å². The quantitative estimate of drug-likeness (QED) is 0.172. The Morgan fingerprint density at radius 3 is 1.79 bits per heavy atom. The zero-order valence-corrected chi connectivity index (χ0v) is 29.0. The summed E-state index contributed by atoms with van der Waals surface area (Å²) < 4.78 is 4.76. The van der Waals surface area contributed by atoms with E-state index in [2.05, 4.69) is 216 Å².